The van der Waals surface area contributed by atoms with Gasteiger partial charge in [0.25, 0.3) is 0 Å². The zero-order valence-corrected chi connectivity index (χ0v) is 7.43. The standard InChI is InChI=1S/C9H8ClNO/c1-6(10)8-4-3-5-11-9(8)7(2)12/h3-5H,1H2,2H3. The number of aromatic nitrogens is 1. The highest BCUT2D eigenvalue weighted by Gasteiger charge is 2.08. The van der Waals surface area contributed by atoms with Crippen molar-refractivity contribution >= 4 is 22.4 Å². The Balaban J connectivity index is 3.27. The second-order valence-electron chi connectivity index (χ2n) is 2.36. The highest BCUT2D eigenvalue weighted by atomic mass is 35.5. The molecule has 1 aromatic rings. The van der Waals surface area contributed by atoms with Crippen molar-refractivity contribution in [1.29, 1.82) is 0 Å². The number of hydrogen-bond acceptors (Lipinski definition) is 2. The van der Waals surface area contributed by atoms with Gasteiger partial charge >= 0.3 is 0 Å². The molecule has 2 nitrogen and oxygen atoms in total. The van der Waals surface area contributed by atoms with Gasteiger partial charge in [-0.2, -0.15) is 0 Å². The molecule has 1 aromatic heterocycles. The normalized spacial score (nSPS) is 9.50. The van der Waals surface area contributed by atoms with Gasteiger partial charge in [-0.15, -0.1) is 0 Å². The van der Waals surface area contributed by atoms with Crippen LogP contribution >= 0.6 is 11.6 Å². The third kappa shape index (κ3) is 1.71. The molecule has 3 heteroatoms. The Hall–Kier alpha value is -1.15. The number of halogens is 1. The van der Waals surface area contributed by atoms with Gasteiger partial charge in [0.1, 0.15) is 5.69 Å². The Morgan fingerprint density at radius 2 is 2.33 bits per heavy atom. The van der Waals surface area contributed by atoms with E-state index in [1.807, 2.05) is 0 Å². The molecule has 0 aliphatic heterocycles. The lowest BCUT2D eigenvalue weighted by molar-refractivity contribution is 0.101. The monoisotopic (exact) mass is 181 g/mol. The minimum atomic E-state index is -0.104. The topological polar surface area (TPSA) is 30.0 Å². The molecule has 12 heavy (non-hydrogen) atoms. The lowest BCUT2D eigenvalue weighted by atomic mass is 10.1. The SMILES string of the molecule is C=C(Cl)c1cccnc1C(C)=O. The number of ketones is 1. The first-order valence-electron chi connectivity index (χ1n) is 3.43. The Bertz CT molecular complexity index is 300. The summed E-state index contributed by atoms with van der Waals surface area (Å²) in [4.78, 5) is 14.9. The van der Waals surface area contributed by atoms with Gasteiger partial charge in [0.15, 0.2) is 5.78 Å². The molecule has 0 radical (unpaired) electrons. The van der Waals surface area contributed by atoms with Gasteiger partial charge in [0, 0.05) is 23.7 Å². The largest absolute Gasteiger partial charge is 0.293 e. The summed E-state index contributed by atoms with van der Waals surface area (Å²) in [6.45, 7) is 4.99. The van der Waals surface area contributed by atoms with Gasteiger partial charge in [-0.05, 0) is 12.1 Å². The Labute approximate surface area is 75.9 Å². The van der Waals surface area contributed by atoms with Crippen molar-refractivity contribution in [2.45, 2.75) is 6.92 Å². The predicted octanol–water partition coefficient (Wildman–Crippen LogP) is 2.49. The van der Waals surface area contributed by atoms with Crippen LogP contribution in [0.3, 0.4) is 0 Å². The molecule has 0 unspecified atom stereocenters. The van der Waals surface area contributed by atoms with E-state index in [1.165, 1.54) is 6.92 Å². The van der Waals surface area contributed by atoms with Gasteiger partial charge in [0.05, 0.1) is 0 Å². The van der Waals surface area contributed by atoms with Crippen LogP contribution in [0.25, 0.3) is 5.03 Å². The van der Waals surface area contributed by atoms with Crippen LogP contribution in [-0.4, -0.2) is 10.8 Å². The molecule has 1 rings (SSSR count). The molecule has 0 fully saturated rings. The maximum atomic E-state index is 11.0. The molecule has 62 valence electrons. The molecule has 0 bridgehead atoms. The third-order valence-electron chi connectivity index (χ3n) is 1.43. The third-order valence-corrected chi connectivity index (χ3v) is 1.64. The summed E-state index contributed by atoms with van der Waals surface area (Å²) in [5.41, 5.74) is 0.976. The lowest BCUT2D eigenvalue weighted by Gasteiger charge is -2.01. The first-order chi connectivity index (χ1) is 5.63. The summed E-state index contributed by atoms with van der Waals surface area (Å²) < 4.78 is 0. The van der Waals surface area contributed by atoms with Crippen molar-refractivity contribution in [2.75, 3.05) is 0 Å². The molecule has 0 spiro atoms. The van der Waals surface area contributed by atoms with Crippen molar-refractivity contribution < 1.29 is 4.79 Å². The maximum absolute atomic E-state index is 11.0. The van der Waals surface area contributed by atoms with Crippen LogP contribution in [0.1, 0.15) is 23.0 Å². The Morgan fingerprint density at radius 1 is 1.67 bits per heavy atom. The first-order valence-corrected chi connectivity index (χ1v) is 3.81. The zero-order valence-electron chi connectivity index (χ0n) is 6.67. The molecular weight excluding hydrogens is 174 g/mol. The summed E-state index contributed by atoms with van der Waals surface area (Å²) in [6, 6.07) is 3.44. The molecular formula is C9H8ClNO. The van der Waals surface area contributed by atoms with E-state index < -0.39 is 0 Å². The molecule has 1 heterocycles. The van der Waals surface area contributed by atoms with Crippen molar-refractivity contribution in [1.82, 2.24) is 4.98 Å². The van der Waals surface area contributed by atoms with Crippen LogP contribution in [0.15, 0.2) is 24.9 Å². The fraction of sp³-hybridized carbons (Fsp3) is 0.111. The van der Waals surface area contributed by atoms with E-state index in [0.717, 1.165) is 0 Å². The average Bonchev–Trinajstić information content (AvgIpc) is 2.04. The van der Waals surface area contributed by atoms with E-state index in [1.54, 1.807) is 18.3 Å². The molecule has 0 aromatic carbocycles. The average molecular weight is 182 g/mol. The molecule has 0 saturated heterocycles. The fourth-order valence-electron chi connectivity index (χ4n) is 0.905. The van der Waals surface area contributed by atoms with E-state index in [4.69, 9.17) is 11.6 Å². The zero-order chi connectivity index (χ0) is 9.14. The number of hydrogen-bond donors (Lipinski definition) is 0. The Kier molecular flexibility index (Phi) is 2.61. The second-order valence-corrected chi connectivity index (χ2v) is 2.82. The van der Waals surface area contributed by atoms with Crippen molar-refractivity contribution in [3.63, 3.8) is 0 Å². The van der Waals surface area contributed by atoms with Gasteiger partial charge in [0.2, 0.25) is 0 Å². The van der Waals surface area contributed by atoms with Crippen LogP contribution in [-0.2, 0) is 0 Å². The highest BCUT2D eigenvalue weighted by molar-refractivity contribution is 6.48. The minimum absolute atomic E-state index is 0.104. The van der Waals surface area contributed by atoms with Crippen LogP contribution < -0.4 is 0 Å². The van der Waals surface area contributed by atoms with E-state index in [-0.39, 0.29) is 5.78 Å². The summed E-state index contributed by atoms with van der Waals surface area (Å²) in [6.07, 6.45) is 1.56. The maximum Gasteiger partial charge on any atom is 0.178 e. The van der Waals surface area contributed by atoms with Gasteiger partial charge in [-0.3, -0.25) is 9.78 Å². The van der Waals surface area contributed by atoms with Gasteiger partial charge in [-0.1, -0.05) is 18.2 Å². The van der Waals surface area contributed by atoms with Crippen molar-refractivity contribution in [3.05, 3.63) is 36.2 Å². The lowest BCUT2D eigenvalue weighted by Crippen LogP contribution is -2.00. The second kappa shape index (κ2) is 3.50. The van der Waals surface area contributed by atoms with Gasteiger partial charge < -0.3 is 0 Å². The number of Topliss-reactive ketones (excluding diaryl/α,β-unsaturated/α-hetero) is 1. The minimum Gasteiger partial charge on any atom is -0.293 e. The summed E-state index contributed by atoms with van der Waals surface area (Å²) in [7, 11) is 0. The van der Waals surface area contributed by atoms with E-state index >= 15 is 0 Å². The van der Waals surface area contributed by atoms with Crippen LogP contribution in [0.2, 0.25) is 0 Å². The quantitative estimate of drug-likeness (QED) is 0.657. The first kappa shape index (κ1) is 8.94. The Morgan fingerprint density at radius 3 is 2.75 bits per heavy atom. The van der Waals surface area contributed by atoms with Crippen LogP contribution in [0.5, 0.6) is 0 Å². The van der Waals surface area contributed by atoms with E-state index in [9.17, 15) is 4.79 Å². The number of pyridine rings is 1. The van der Waals surface area contributed by atoms with E-state index in [0.29, 0.717) is 16.3 Å². The molecule has 0 amide bonds. The number of rotatable bonds is 2. The van der Waals surface area contributed by atoms with Crippen molar-refractivity contribution in [3.8, 4) is 0 Å². The van der Waals surface area contributed by atoms with E-state index in [2.05, 4.69) is 11.6 Å². The highest BCUT2D eigenvalue weighted by Crippen LogP contribution is 2.19. The summed E-state index contributed by atoms with van der Waals surface area (Å²) >= 11 is 5.67. The molecule has 0 aliphatic carbocycles. The fourth-order valence-corrected chi connectivity index (χ4v) is 1.06. The van der Waals surface area contributed by atoms with Gasteiger partial charge in [-0.25, -0.2) is 0 Å². The number of carbonyl (C=O) groups excluding carboxylic acids is 1. The van der Waals surface area contributed by atoms with Crippen LogP contribution in [0, 0.1) is 0 Å². The summed E-state index contributed by atoms with van der Waals surface area (Å²) in [5, 5.41) is 0.341. The van der Waals surface area contributed by atoms with Crippen molar-refractivity contribution in [2.24, 2.45) is 0 Å². The molecule has 0 aliphatic rings. The predicted molar refractivity (Wildman–Crippen MR) is 49.1 cm³/mol. The molecule has 0 N–H and O–H groups in total. The number of nitrogens with zero attached hydrogens (tertiary/aromatic N) is 1. The van der Waals surface area contributed by atoms with Crippen LogP contribution in [0.4, 0.5) is 0 Å². The molecule has 0 atom stereocenters. The smallest absolute Gasteiger partial charge is 0.178 e. The summed E-state index contributed by atoms with van der Waals surface area (Å²) in [5.74, 6) is -0.104. The molecule has 0 saturated carbocycles. The number of carbonyl (C=O) groups is 1.